The molecule has 0 amide bonds. The van der Waals surface area contributed by atoms with Gasteiger partial charge in [-0.1, -0.05) is 51.2 Å². The lowest BCUT2D eigenvalue weighted by molar-refractivity contribution is -0.142. The number of hydrogen-bond acceptors (Lipinski definition) is 4. The summed E-state index contributed by atoms with van der Waals surface area (Å²) < 4.78 is 10.8. The van der Waals surface area contributed by atoms with Gasteiger partial charge in [0.2, 0.25) is 0 Å². The van der Waals surface area contributed by atoms with Crippen LogP contribution in [-0.2, 0) is 16.0 Å². The fourth-order valence-electron chi connectivity index (χ4n) is 2.97. The zero-order chi connectivity index (χ0) is 20.0. The van der Waals surface area contributed by atoms with Gasteiger partial charge in [0.15, 0.2) is 0 Å². The van der Waals surface area contributed by atoms with Gasteiger partial charge in [-0.05, 0) is 55.3 Å². The minimum atomic E-state index is -0.208. The number of ether oxygens (including phenoxy) is 2. The number of carbonyl (C=O) groups excluding carboxylic acids is 1. The monoisotopic (exact) mass is 383 g/mol. The highest BCUT2D eigenvalue weighted by Gasteiger charge is 2.04. The van der Waals surface area contributed by atoms with Gasteiger partial charge < -0.3 is 14.8 Å². The number of nitrogens with one attached hydrogen (secondary N) is 1. The van der Waals surface area contributed by atoms with Crippen molar-refractivity contribution in [3.05, 3.63) is 54.1 Å². The zero-order valence-electron chi connectivity index (χ0n) is 17.2. The van der Waals surface area contributed by atoms with E-state index in [-0.39, 0.29) is 12.4 Å². The van der Waals surface area contributed by atoms with Crippen molar-refractivity contribution in [1.29, 1.82) is 0 Å². The third kappa shape index (κ3) is 8.47. The van der Waals surface area contributed by atoms with E-state index in [1.165, 1.54) is 38.5 Å². The first-order valence-electron chi connectivity index (χ1n) is 10.5. The van der Waals surface area contributed by atoms with E-state index in [4.69, 9.17) is 9.47 Å². The standard InChI is InChI=1S/C24H33NO3/c1-3-5-6-7-8-9-18-25-21-12-16-23(17-13-21)28-22-14-10-20(11-15-22)19-24(26)27-4-2/h10-17,25H,3-9,18-19H2,1-2H3. The lowest BCUT2D eigenvalue weighted by Crippen LogP contribution is -2.07. The Bertz CT molecular complexity index is 680. The number of esters is 1. The Balaban J connectivity index is 1.72. The minimum absolute atomic E-state index is 0.208. The molecule has 0 heterocycles. The maximum atomic E-state index is 11.5. The molecule has 28 heavy (non-hydrogen) atoms. The molecule has 4 nitrogen and oxygen atoms in total. The van der Waals surface area contributed by atoms with E-state index in [2.05, 4.69) is 12.2 Å². The molecule has 0 unspecified atom stereocenters. The number of rotatable bonds is 13. The van der Waals surface area contributed by atoms with E-state index in [0.29, 0.717) is 6.61 Å². The first-order chi connectivity index (χ1) is 13.7. The first kappa shape index (κ1) is 21.8. The van der Waals surface area contributed by atoms with Gasteiger partial charge >= 0.3 is 5.97 Å². The average molecular weight is 384 g/mol. The highest BCUT2D eigenvalue weighted by molar-refractivity contribution is 5.72. The van der Waals surface area contributed by atoms with E-state index in [0.717, 1.165) is 29.3 Å². The Morgan fingerprint density at radius 1 is 0.821 bits per heavy atom. The van der Waals surface area contributed by atoms with Crippen LogP contribution in [-0.4, -0.2) is 19.1 Å². The van der Waals surface area contributed by atoms with Crippen LogP contribution in [0.25, 0.3) is 0 Å². The number of anilines is 1. The van der Waals surface area contributed by atoms with Crippen molar-refractivity contribution in [3.63, 3.8) is 0 Å². The molecular weight excluding hydrogens is 350 g/mol. The Labute approximate surface area is 169 Å². The van der Waals surface area contributed by atoms with Crippen LogP contribution < -0.4 is 10.1 Å². The summed E-state index contributed by atoms with van der Waals surface area (Å²) in [7, 11) is 0. The van der Waals surface area contributed by atoms with Crippen LogP contribution in [0.15, 0.2) is 48.5 Å². The normalized spacial score (nSPS) is 10.5. The summed E-state index contributed by atoms with van der Waals surface area (Å²) >= 11 is 0. The molecule has 0 atom stereocenters. The zero-order valence-corrected chi connectivity index (χ0v) is 17.2. The molecule has 0 aliphatic rings. The smallest absolute Gasteiger partial charge is 0.310 e. The molecule has 152 valence electrons. The lowest BCUT2D eigenvalue weighted by atomic mass is 10.1. The van der Waals surface area contributed by atoms with Crippen molar-refractivity contribution in [2.45, 2.75) is 58.8 Å². The summed E-state index contributed by atoms with van der Waals surface area (Å²) in [5.41, 5.74) is 2.03. The van der Waals surface area contributed by atoms with Crippen LogP contribution in [0.2, 0.25) is 0 Å². The van der Waals surface area contributed by atoms with E-state index in [1.54, 1.807) is 0 Å². The Morgan fingerprint density at radius 2 is 1.43 bits per heavy atom. The van der Waals surface area contributed by atoms with Crippen LogP contribution >= 0.6 is 0 Å². The molecule has 0 spiro atoms. The van der Waals surface area contributed by atoms with E-state index in [9.17, 15) is 4.79 Å². The second-order valence-corrected chi connectivity index (χ2v) is 6.95. The van der Waals surface area contributed by atoms with Crippen LogP contribution in [0.5, 0.6) is 11.5 Å². The maximum Gasteiger partial charge on any atom is 0.310 e. The summed E-state index contributed by atoms with van der Waals surface area (Å²) in [5.74, 6) is 1.34. The van der Waals surface area contributed by atoms with Gasteiger partial charge in [0.25, 0.3) is 0 Å². The van der Waals surface area contributed by atoms with Crippen LogP contribution in [0.3, 0.4) is 0 Å². The lowest BCUT2D eigenvalue weighted by Gasteiger charge is -2.09. The third-order valence-corrected chi connectivity index (χ3v) is 4.53. The molecule has 4 heteroatoms. The quantitative estimate of drug-likeness (QED) is 0.323. The fraction of sp³-hybridized carbons (Fsp3) is 0.458. The van der Waals surface area contributed by atoms with Crippen molar-refractivity contribution >= 4 is 11.7 Å². The molecule has 0 bridgehead atoms. The number of carbonyl (C=O) groups is 1. The van der Waals surface area contributed by atoms with Crippen molar-refractivity contribution in [2.75, 3.05) is 18.5 Å². The van der Waals surface area contributed by atoms with E-state index in [1.807, 2.05) is 55.5 Å². The molecular formula is C24H33NO3. The molecule has 0 fully saturated rings. The van der Waals surface area contributed by atoms with Gasteiger partial charge in [0, 0.05) is 12.2 Å². The van der Waals surface area contributed by atoms with Crippen molar-refractivity contribution < 1.29 is 14.3 Å². The number of unbranched alkanes of at least 4 members (excludes halogenated alkanes) is 5. The summed E-state index contributed by atoms with van der Waals surface area (Å²) in [5, 5.41) is 3.46. The first-order valence-corrected chi connectivity index (χ1v) is 10.5. The van der Waals surface area contributed by atoms with Gasteiger partial charge in [0.1, 0.15) is 11.5 Å². The second-order valence-electron chi connectivity index (χ2n) is 6.95. The third-order valence-electron chi connectivity index (χ3n) is 4.53. The van der Waals surface area contributed by atoms with Gasteiger partial charge in [0.05, 0.1) is 13.0 Å². The van der Waals surface area contributed by atoms with E-state index < -0.39 is 0 Å². The minimum Gasteiger partial charge on any atom is -0.466 e. The van der Waals surface area contributed by atoms with Crippen LogP contribution in [0.4, 0.5) is 5.69 Å². The molecule has 1 N–H and O–H groups in total. The van der Waals surface area contributed by atoms with Crippen molar-refractivity contribution in [1.82, 2.24) is 0 Å². The number of hydrogen-bond donors (Lipinski definition) is 1. The molecule has 0 aliphatic heterocycles. The van der Waals surface area contributed by atoms with Crippen LogP contribution in [0, 0.1) is 0 Å². The SMILES string of the molecule is CCCCCCCCNc1ccc(Oc2ccc(CC(=O)OCC)cc2)cc1. The summed E-state index contributed by atoms with van der Waals surface area (Å²) in [6.07, 6.45) is 8.12. The molecule has 2 rings (SSSR count). The fourth-order valence-corrected chi connectivity index (χ4v) is 2.97. The topological polar surface area (TPSA) is 47.6 Å². The van der Waals surface area contributed by atoms with E-state index >= 15 is 0 Å². The molecule has 2 aromatic carbocycles. The number of benzene rings is 2. The second kappa shape index (κ2) is 12.8. The maximum absolute atomic E-state index is 11.5. The summed E-state index contributed by atoms with van der Waals surface area (Å²) in [6.45, 7) is 5.47. The molecule has 0 aliphatic carbocycles. The van der Waals surface area contributed by atoms with Gasteiger partial charge in [-0.3, -0.25) is 4.79 Å². The average Bonchev–Trinajstić information content (AvgIpc) is 2.70. The van der Waals surface area contributed by atoms with Gasteiger partial charge in [-0.2, -0.15) is 0 Å². The largest absolute Gasteiger partial charge is 0.466 e. The Hall–Kier alpha value is -2.49. The van der Waals surface area contributed by atoms with Gasteiger partial charge in [-0.15, -0.1) is 0 Å². The van der Waals surface area contributed by atoms with Crippen LogP contribution in [0.1, 0.15) is 57.9 Å². The highest BCUT2D eigenvalue weighted by Crippen LogP contribution is 2.23. The molecule has 0 saturated heterocycles. The molecule has 2 aromatic rings. The predicted octanol–water partition coefficient (Wildman–Crippen LogP) is 6.36. The van der Waals surface area contributed by atoms with Crippen molar-refractivity contribution in [2.24, 2.45) is 0 Å². The van der Waals surface area contributed by atoms with Crippen molar-refractivity contribution in [3.8, 4) is 11.5 Å². The predicted molar refractivity (Wildman–Crippen MR) is 115 cm³/mol. The Kier molecular flexibility index (Phi) is 9.98. The van der Waals surface area contributed by atoms with Gasteiger partial charge in [-0.25, -0.2) is 0 Å². The summed E-state index contributed by atoms with van der Waals surface area (Å²) in [4.78, 5) is 11.5. The highest BCUT2D eigenvalue weighted by atomic mass is 16.5. The molecule has 0 aromatic heterocycles. The molecule has 0 radical (unpaired) electrons. The molecule has 0 saturated carbocycles. The Morgan fingerprint density at radius 3 is 2.07 bits per heavy atom. The summed E-state index contributed by atoms with van der Waals surface area (Å²) in [6, 6.07) is 15.6.